The summed E-state index contributed by atoms with van der Waals surface area (Å²) in [7, 11) is 0. The summed E-state index contributed by atoms with van der Waals surface area (Å²) in [6.45, 7) is 3.69. The molecule has 0 fully saturated rings. The maximum absolute atomic E-state index is 13.0. The summed E-state index contributed by atoms with van der Waals surface area (Å²) in [6.07, 6.45) is -1.98. The highest BCUT2D eigenvalue weighted by atomic mass is 16.6. The second kappa shape index (κ2) is 10.8. The molecular formula is C25H21NO7. The lowest BCUT2D eigenvalue weighted by Gasteiger charge is -2.22. The number of rotatable bonds is 9. The molecule has 33 heavy (non-hydrogen) atoms. The molecule has 0 bridgehead atoms. The second-order valence-corrected chi connectivity index (χ2v) is 7.11. The van der Waals surface area contributed by atoms with Crippen molar-refractivity contribution in [3.63, 3.8) is 0 Å². The zero-order chi connectivity index (χ0) is 23.8. The van der Waals surface area contributed by atoms with E-state index in [1.165, 1.54) is 24.3 Å². The van der Waals surface area contributed by atoms with E-state index in [0.29, 0.717) is 0 Å². The predicted molar refractivity (Wildman–Crippen MR) is 119 cm³/mol. The van der Waals surface area contributed by atoms with Crippen LogP contribution in [0.2, 0.25) is 0 Å². The molecule has 0 heterocycles. The van der Waals surface area contributed by atoms with E-state index in [1.807, 2.05) is 0 Å². The van der Waals surface area contributed by atoms with Gasteiger partial charge in [-0.1, -0.05) is 55.1 Å². The summed E-state index contributed by atoms with van der Waals surface area (Å²) in [5, 5.41) is 22.4. The molecule has 0 saturated carbocycles. The average Bonchev–Trinajstić information content (AvgIpc) is 2.83. The quantitative estimate of drug-likeness (QED) is 0.170. The number of hydrogen-bond donors (Lipinski definition) is 1. The van der Waals surface area contributed by atoms with Gasteiger partial charge < -0.3 is 14.6 Å². The van der Waals surface area contributed by atoms with E-state index in [9.17, 15) is 24.8 Å². The molecule has 0 radical (unpaired) electrons. The van der Waals surface area contributed by atoms with Crippen LogP contribution in [0.1, 0.15) is 18.1 Å². The smallest absolute Gasteiger partial charge is 0.338 e. The zero-order valence-corrected chi connectivity index (χ0v) is 17.5. The third kappa shape index (κ3) is 6.11. The Balaban J connectivity index is 1.86. The van der Waals surface area contributed by atoms with Crippen molar-refractivity contribution in [2.24, 2.45) is 5.92 Å². The van der Waals surface area contributed by atoms with Gasteiger partial charge in [-0.15, -0.1) is 0 Å². The molecule has 2 unspecified atom stereocenters. The van der Waals surface area contributed by atoms with Gasteiger partial charge in [0.25, 0.3) is 5.69 Å². The fraction of sp³-hybridized carbons (Fsp3) is 0.120. The van der Waals surface area contributed by atoms with Gasteiger partial charge in [0.2, 0.25) is 0 Å². The lowest BCUT2D eigenvalue weighted by atomic mass is 9.89. The molecule has 3 aromatic carbocycles. The minimum atomic E-state index is -1.64. The van der Waals surface area contributed by atoms with Gasteiger partial charge in [0.15, 0.2) is 0 Å². The molecule has 3 rings (SSSR count). The highest BCUT2D eigenvalue weighted by molar-refractivity contribution is 5.90. The summed E-state index contributed by atoms with van der Waals surface area (Å²) < 4.78 is 10.6. The molecule has 8 nitrogen and oxygen atoms in total. The molecule has 0 aromatic heterocycles. The van der Waals surface area contributed by atoms with Crippen molar-refractivity contribution in [2.45, 2.75) is 12.5 Å². The van der Waals surface area contributed by atoms with Gasteiger partial charge in [0.05, 0.1) is 22.5 Å². The number of ether oxygens (including phenoxy) is 2. The summed E-state index contributed by atoms with van der Waals surface area (Å²) in [5.74, 6) is -2.53. The number of aliphatic hydroxyl groups is 1. The first kappa shape index (κ1) is 23.4. The summed E-state index contributed by atoms with van der Waals surface area (Å²) in [4.78, 5) is 36.3. The number of hydrogen-bond acceptors (Lipinski definition) is 7. The van der Waals surface area contributed by atoms with E-state index in [0.717, 1.165) is 0 Å². The van der Waals surface area contributed by atoms with E-state index in [1.54, 1.807) is 60.7 Å². The van der Waals surface area contributed by atoms with Crippen molar-refractivity contribution in [3.8, 4) is 11.5 Å². The first-order chi connectivity index (χ1) is 15.9. The Morgan fingerprint density at radius 3 is 1.97 bits per heavy atom. The van der Waals surface area contributed by atoms with Crippen molar-refractivity contribution in [2.75, 3.05) is 0 Å². The maximum atomic E-state index is 13.0. The third-order valence-corrected chi connectivity index (χ3v) is 4.81. The first-order valence-electron chi connectivity index (χ1n) is 10.00. The van der Waals surface area contributed by atoms with E-state index in [2.05, 4.69) is 6.58 Å². The van der Waals surface area contributed by atoms with Crippen LogP contribution in [0.25, 0.3) is 0 Å². The maximum Gasteiger partial charge on any atom is 0.338 e. The monoisotopic (exact) mass is 447 g/mol. The van der Waals surface area contributed by atoms with Gasteiger partial charge in [-0.05, 0) is 36.8 Å². The summed E-state index contributed by atoms with van der Waals surface area (Å²) >= 11 is 0. The Labute approximate surface area is 189 Å². The van der Waals surface area contributed by atoms with Crippen LogP contribution in [-0.2, 0) is 9.59 Å². The molecule has 0 aliphatic heterocycles. The standard InChI is InChI=1S/C25H21NO7/c1-17(24(28)32-18-10-4-2-5-11-18)16-21(25(29)33-19-12-6-3-7-13-19)23(27)20-14-8-9-15-22(20)26(30)31/h2-15,21,23,27H,1,16H2. The van der Waals surface area contributed by atoms with Gasteiger partial charge in [0.1, 0.15) is 11.5 Å². The normalized spacial score (nSPS) is 12.3. The fourth-order valence-corrected chi connectivity index (χ4v) is 3.14. The lowest BCUT2D eigenvalue weighted by molar-refractivity contribution is -0.386. The molecule has 8 heteroatoms. The van der Waals surface area contributed by atoms with E-state index < -0.39 is 28.9 Å². The van der Waals surface area contributed by atoms with Crippen LogP contribution < -0.4 is 9.47 Å². The van der Waals surface area contributed by atoms with Gasteiger partial charge in [0, 0.05) is 11.6 Å². The van der Waals surface area contributed by atoms with Gasteiger partial charge in [-0.25, -0.2) is 4.79 Å². The number of carbonyl (C=O) groups excluding carboxylic acids is 2. The van der Waals surface area contributed by atoms with Crippen LogP contribution in [0.3, 0.4) is 0 Å². The molecule has 1 N–H and O–H groups in total. The molecular weight excluding hydrogens is 426 g/mol. The largest absolute Gasteiger partial charge is 0.426 e. The fourth-order valence-electron chi connectivity index (χ4n) is 3.14. The number of aliphatic hydroxyl groups excluding tert-OH is 1. The highest BCUT2D eigenvalue weighted by Crippen LogP contribution is 2.34. The Bertz CT molecular complexity index is 1150. The van der Waals surface area contributed by atoms with Crippen molar-refractivity contribution < 1.29 is 29.1 Å². The number of esters is 2. The van der Waals surface area contributed by atoms with E-state index in [-0.39, 0.29) is 34.7 Å². The average molecular weight is 447 g/mol. The van der Waals surface area contributed by atoms with E-state index in [4.69, 9.17) is 9.47 Å². The van der Waals surface area contributed by atoms with Crippen LogP contribution >= 0.6 is 0 Å². The van der Waals surface area contributed by atoms with Crippen LogP contribution in [0.5, 0.6) is 11.5 Å². The Morgan fingerprint density at radius 2 is 1.39 bits per heavy atom. The van der Waals surface area contributed by atoms with Gasteiger partial charge in [-0.3, -0.25) is 14.9 Å². The highest BCUT2D eigenvalue weighted by Gasteiger charge is 2.35. The summed E-state index contributed by atoms with van der Waals surface area (Å²) in [6, 6.07) is 21.9. The Morgan fingerprint density at radius 1 is 0.879 bits per heavy atom. The van der Waals surface area contributed by atoms with E-state index >= 15 is 0 Å². The molecule has 0 aliphatic rings. The second-order valence-electron chi connectivity index (χ2n) is 7.11. The molecule has 0 spiro atoms. The SMILES string of the molecule is C=C(CC(C(=O)Oc1ccccc1)C(O)c1ccccc1[N+](=O)[O-])C(=O)Oc1ccccc1. The van der Waals surface area contributed by atoms with Gasteiger partial charge >= 0.3 is 11.9 Å². The minimum Gasteiger partial charge on any atom is -0.426 e. The number of nitro benzene ring substituents is 1. The summed E-state index contributed by atoms with van der Waals surface area (Å²) in [5.41, 5.74) is -0.548. The van der Waals surface area contributed by atoms with Crippen molar-refractivity contribution in [1.29, 1.82) is 0 Å². The zero-order valence-electron chi connectivity index (χ0n) is 17.5. The third-order valence-electron chi connectivity index (χ3n) is 4.81. The Hall–Kier alpha value is -4.30. The van der Waals surface area contributed by atoms with Crippen molar-refractivity contribution in [1.82, 2.24) is 0 Å². The van der Waals surface area contributed by atoms with Crippen LogP contribution in [0.15, 0.2) is 97.1 Å². The Kier molecular flexibility index (Phi) is 7.67. The topological polar surface area (TPSA) is 116 Å². The first-order valence-corrected chi connectivity index (χ1v) is 10.00. The molecule has 0 aliphatic carbocycles. The van der Waals surface area contributed by atoms with Crippen LogP contribution in [0.4, 0.5) is 5.69 Å². The number of benzene rings is 3. The lowest BCUT2D eigenvalue weighted by Crippen LogP contribution is -2.29. The van der Waals surface area contributed by atoms with Crippen LogP contribution in [-0.4, -0.2) is 22.0 Å². The molecule has 0 saturated heterocycles. The molecule has 3 aromatic rings. The van der Waals surface area contributed by atoms with Crippen LogP contribution in [0, 0.1) is 16.0 Å². The molecule has 2 atom stereocenters. The van der Waals surface area contributed by atoms with Gasteiger partial charge in [-0.2, -0.15) is 0 Å². The number of nitro groups is 1. The number of para-hydroxylation sites is 3. The number of nitrogens with zero attached hydrogens (tertiary/aromatic N) is 1. The van der Waals surface area contributed by atoms with Crippen molar-refractivity contribution >= 4 is 17.6 Å². The molecule has 168 valence electrons. The molecule has 0 amide bonds. The minimum absolute atomic E-state index is 0.0817. The predicted octanol–water partition coefficient (Wildman–Crippen LogP) is 4.40. The van der Waals surface area contributed by atoms with Crippen molar-refractivity contribution in [3.05, 3.63) is 113 Å². The number of carbonyl (C=O) groups is 2.